The largest absolute Gasteiger partial charge is 0.392 e. The summed E-state index contributed by atoms with van der Waals surface area (Å²) in [5.41, 5.74) is 12.4. The summed E-state index contributed by atoms with van der Waals surface area (Å²) >= 11 is 1.96. The van der Waals surface area contributed by atoms with E-state index in [0.29, 0.717) is 39.5 Å². The number of aliphatic hydroxyl groups is 1. The molecule has 3 aromatic carbocycles. The number of nitrogen functional groups attached to an aromatic ring is 1. The number of aromatic nitrogens is 4. The van der Waals surface area contributed by atoms with Gasteiger partial charge in [0.2, 0.25) is 5.95 Å². The molecule has 45 heavy (non-hydrogen) atoms. The number of benzene rings is 3. The summed E-state index contributed by atoms with van der Waals surface area (Å²) in [4.78, 5) is 28.6. The molecule has 6 aromatic rings. The van der Waals surface area contributed by atoms with Crippen molar-refractivity contribution in [2.75, 3.05) is 23.9 Å². The Bertz CT molecular complexity index is 2150. The molecule has 1 aliphatic heterocycles. The summed E-state index contributed by atoms with van der Waals surface area (Å²) in [6, 6.07) is 21.0. The summed E-state index contributed by atoms with van der Waals surface area (Å²) in [7, 11) is 0. The van der Waals surface area contributed by atoms with Gasteiger partial charge in [-0.2, -0.15) is 4.98 Å². The highest BCUT2D eigenvalue weighted by Gasteiger charge is 2.26. The zero-order valence-corrected chi connectivity index (χ0v) is 25.3. The third kappa shape index (κ3) is 5.08. The number of nitrogens with one attached hydrogen (secondary N) is 1. The molecule has 0 radical (unpaired) electrons. The standard InChI is InChI=1S/C35H31FN6O2S/c36-28-15-24(21-8-9-21)14-23-10-11-42(34(44)31(23)28)30-3-1-2-25(27(30)18-43)32-26-16-29(38-33(26)40-35(37)39-32)22-6-4-20(5-7-22)17-41-12-13-45-19-41/h1-7,10-11,14-16,21,43H,8-9,12-13,17-19H2,(H3,37,38,39,40). The second-order valence-electron chi connectivity index (χ2n) is 11.9. The fourth-order valence-corrected chi connectivity index (χ4v) is 7.39. The third-order valence-corrected chi connectivity index (χ3v) is 9.87. The lowest BCUT2D eigenvalue weighted by molar-refractivity contribution is 0.282. The number of fused-ring (bicyclic) bond motifs is 2. The van der Waals surface area contributed by atoms with Crippen LogP contribution >= 0.6 is 11.8 Å². The topological polar surface area (TPSA) is 113 Å². The van der Waals surface area contributed by atoms with Gasteiger partial charge in [0, 0.05) is 53.1 Å². The van der Waals surface area contributed by atoms with Gasteiger partial charge in [-0.05, 0) is 65.1 Å². The van der Waals surface area contributed by atoms with E-state index in [9.17, 15) is 9.90 Å². The van der Waals surface area contributed by atoms with Gasteiger partial charge in [-0.15, -0.1) is 11.8 Å². The van der Waals surface area contributed by atoms with Crippen LogP contribution in [0, 0.1) is 5.82 Å². The first-order chi connectivity index (χ1) is 22.0. The number of hydrogen-bond acceptors (Lipinski definition) is 7. The molecule has 8 rings (SSSR count). The van der Waals surface area contributed by atoms with Crippen molar-refractivity contribution in [3.05, 3.63) is 106 Å². The fraction of sp³-hybridized carbons (Fsp3) is 0.229. The van der Waals surface area contributed by atoms with Gasteiger partial charge in [0.15, 0.2) is 0 Å². The quantitative estimate of drug-likeness (QED) is 0.196. The Kier molecular flexibility index (Phi) is 6.93. The predicted octanol–water partition coefficient (Wildman–Crippen LogP) is 6.19. The van der Waals surface area contributed by atoms with Gasteiger partial charge in [-0.1, -0.05) is 42.5 Å². The number of thioether (sulfide) groups is 1. The van der Waals surface area contributed by atoms with Crippen LogP contribution in [0.25, 0.3) is 50.0 Å². The van der Waals surface area contributed by atoms with Crippen molar-refractivity contribution in [2.24, 2.45) is 0 Å². The van der Waals surface area contributed by atoms with Gasteiger partial charge in [0.25, 0.3) is 5.56 Å². The Morgan fingerprint density at radius 3 is 2.67 bits per heavy atom. The van der Waals surface area contributed by atoms with Gasteiger partial charge in [0.05, 0.1) is 23.4 Å². The van der Waals surface area contributed by atoms with E-state index in [0.717, 1.165) is 54.0 Å². The minimum atomic E-state index is -0.524. The number of aliphatic hydroxyl groups excluding tert-OH is 1. The second kappa shape index (κ2) is 11.1. The van der Waals surface area contributed by atoms with Crippen LogP contribution < -0.4 is 11.3 Å². The number of pyridine rings is 1. The van der Waals surface area contributed by atoms with E-state index < -0.39 is 11.4 Å². The maximum absolute atomic E-state index is 15.3. The Morgan fingerprint density at radius 2 is 1.91 bits per heavy atom. The summed E-state index contributed by atoms with van der Waals surface area (Å²) in [5.74, 6) is 2.17. The highest BCUT2D eigenvalue weighted by molar-refractivity contribution is 7.99. The molecular weight excluding hydrogens is 587 g/mol. The molecule has 1 aliphatic carbocycles. The maximum Gasteiger partial charge on any atom is 0.265 e. The number of nitrogens with two attached hydrogens (primary N) is 1. The molecular formula is C35H31FN6O2S. The van der Waals surface area contributed by atoms with Crippen LogP contribution in [-0.2, 0) is 13.2 Å². The summed E-state index contributed by atoms with van der Waals surface area (Å²) < 4.78 is 16.7. The molecule has 226 valence electrons. The molecule has 0 spiro atoms. The predicted molar refractivity (Wildman–Crippen MR) is 178 cm³/mol. The van der Waals surface area contributed by atoms with Crippen molar-refractivity contribution in [1.29, 1.82) is 0 Å². The zero-order valence-electron chi connectivity index (χ0n) is 24.5. The van der Waals surface area contributed by atoms with E-state index in [1.165, 1.54) is 21.9 Å². The summed E-state index contributed by atoms with van der Waals surface area (Å²) in [6.07, 6.45) is 3.73. The Labute approximate surface area is 262 Å². The first-order valence-corrected chi connectivity index (χ1v) is 16.3. The summed E-state index contributed by atoms with van der Waals surface area (Å²) in [6.45, 7) is 1.67. The van der Waals surface area contributed by atoms with Crippen molar-refractivity contribution < 1.29 is 9.50 Å². The lowest BCUT2D eigenvalue weighted by Gasteiger charge is -2.16. The van der Waals surface area contributed by atoms with Crippen LogP contribution in [0.2, 0.25) is 0 Å². The van der Waals surface area contributed by atoms with Gasteiger partial charge in [-0.25, -0.2) is 9.37 Å². The second-order valence-corrected chi connectivity index (χ2v) is 12.9. The molecule has 10 heteroatoms. The van der Waals surface area contributed by atoms with E-state index in [1.807, 2.05) is 30.0 Å². The fourth-order valence-electron chi connectivity index (χ4n) is 6.39. The minimum Gasteiger partial charge on any atom is -0.392 e. The first-order valence-electron chi connectivity index (χ1n) is 15.1. The third-order valence-electron chi connectivity index (χ3n) is 8.85. The summed E-state index contributed by atoms with van der Waals surface area (Å²) in [5, 5.41) is 12.0. The number of hydrogen-bond donors (Lipinski definition) is 3. The number of anilines is 1. The highest BCUT2D eigenvalue weighted by atomic mass is 32.2. The van der Waals surface area contributed by atoms with E-state index in [4.69, 9.17) is 5.73 Å². The molecule has 4 N–H and O–H groups in total. The van der Waals surface area contributed by atoms with E-state index in [2.05, 4.69) is 44.1 Å². The molecule has 0 atom stereocenters. The van der Waals surface area contributed by atoms with Crippen LogP contribution in [0.4, 0.5) is 10.3 Å². The van der Waals surface area contributed by atoms with Crippen LogP contribution in [0.15, 0.2) is 77.7 Å². The lowest BCUT2D eigenvalue weighted by atomic mass is 9.99. The molecule has 0 unspecified atom stereocenters. The molecule has 8 nitrogen and oxygen atoms in total. The Morgan fingerprint density at radius 1 is 1.07 bits per heavy atom. The molecule has 1 saturated heterocycles. The molecule has 0 bridgehead atoms. The van der Waals surface area contributed by atoms with Gasteiger partial charge in [0.1, 0.15) is 11.5 Å². The normalized spacial score (nSPS) is 15.4. The number of aromatic amines is 1. The highest BCUT2D eigenvalue weighted by Crippen LogP contribution is 2.41. The van der Waals surface area contributed by atoms with Crippen LogP contribution in [0.1, 0.15) is 35.4 Å². The molecule has 0 amide bonds. The van der Waals surface area contributed by atoms with Crippen LogP contribution in [0.3, 0.4) is 0 Å². The van der Waals surface area contributed by atoms with Crippen molar-refractivity contribution in [1.82, 2.24) is 24.4 Å². The monoisotopic (exact) mass is 618 g/mol. The number of halogens is 1. The van der Waals surface area contributed by atoms with Crippen LogP contribution in [0.5, 0.6) is 0 Å². The molecule has 2 fully saturated rings. The average molecular weight is 619 g/mol. The molecule has 4 heterocycles. The van der Waals surface area contributed by atoms with Crippen molar-refractivity contribution in [3.8, 4) is 28.2 Å². The van der Waals surface area contributed by atoms with Crippen molar-refractivity contribution in [2.45, 2.75) is 31.9 Å². The maximum atomic E-state index is 15.3. The first kappa shape index (κ1) is 28.0. The Balaban J connectivity index is 1.20. The van der Waals surface area contributed by atoms with Crippen molar-refractivity contribution in [3.63, 3.8) is 0 Å². The number of H-pyrrole nitrogens is 1. The average Bonchev–Trinajstić information content (AvgIpc) is 3.61. The van der Waals surface area contributed by atoms with E-state index in [-0.39, 0.29) is 17.9 Å². The Hall–Kier alpha value is -4.51. The number of rotatable bonds is 7. The number of nitrogens with zero attached hydrogens (tertiary/aromatic N) is 4. The van der Waals surface area contributed by atoms with Gasteiger partial charge in [-0.3, -0.25) is 14.3 Å². The smallest absolute Gasteiger partial charge is 0.265 e. The van der Waals surface area contributed by atoms with Gasteiger partial charge >= 0.3 is 0 Å². The zero-order chi connectivity index (χ0) is 30.7. The molecule has 1 saturated carbocycles. The van der Waals surface area contributed by atoms with E-state index in [1.54, 1.807) is 24.4 Å². The molecule has 3 aromatic heterocycles. The SMILES string of the molecule is Nc1nc(-c2cccc(-n3ccc4cc(C5CC5)cc(F)c4c3=O)c2CO)c2cc(-c3ccc(CN4CCSC4)cc3)[nH]c2n1. The van der Waals surface area contributed by atoms with Crippen LogP contribution in [-0.4, -0.2) is 47.7 Å². The van der Waals surface area contributed by atoms with E-state index >= 15 is 4.39 Å². The minimum absolute atomic E-state index is 0.0328. The van der Waals surface area contributed by atoms with Crippen molar-refractivity contribution >= 4 is 39.5 Å². The van der Waals surface area contributed by atoms with Gasteiger partial charge < -0.3 is 15.8 Å². The lowest BCUT2D eigenvalue weighted by Crippen LogP contribution is -2.20. The molecule has 2 aliphatic rings.